The summed E-state index contributed by atoms with van der Waals surface area (Å²) in [6, 6.07) is 0. The van der Waals surface area contributed by atoms with E-state index in [1.165, 1.54) is 24.3 Å². The average Bonchev–Trinajstić information content (AvgIpc) is 2.32. The second kappa shape index (κ2) is 7.84. The number of aliphatic hydroxyl groups is 2. The molecule has 3 unspecified atom stereocenters. The monoisotopic (exact) mass is 252 g/mol. The molecule has 0 aliphatic carbocycles. The summed E-state index contributed by atoms with van der Waals surface area (Å²) in [5, 5.41) is 19.0. The van der Waals surface area contributed by atoms with Gasteiger partial charge >= 0.3 is 5.97 Å². The van der Waals surface area contributed by atoms with Gasteiger partial charge in [-0.2, -0.15) is 0 Å². The van der Waals surface area contributed by atoms with Gasteiger partial charge in [-0.3, -0.25) is 0 Å². The third kappa shape index (κ3) is 6.37. The molecule has 0 saturated heterocycles. The van der Waals surface area contributed by atoms with Crippen LogP contribution in [0.5, 0.6) is 0 Å². The molecule has 1 aliphatic heterocycles. The van der Waals surface area contributed by atoms with Crippen LogP contribution in [0.4, 0.5) is 0 Å². The van der Waals surface area contributed by atoms with Crippen LogP contribution in [-0.4, -0.2) is 34.5 Å². The lowest BCUT2D eigenvalue weighted by Gasteiger charge is -2.11. The molecule has 4 heteroatoms. The van der Waals surface area contributed by atoms with Gasteiger partial charge in [-0.05, 0) is 32.3 Å². The maximum atomic E-state index is 11.4. The van der Waals surface area contributed by atoms with E-state index in [0.717, 1.165) is 19.3 Å². The second-order valence-electron chi connectivity index (χ2n) is 4.33. The molecule has 0 radical (unpaired) electrons. The zero-order valence-corrected chi connectivity index (χ0v) is 10.5. The van der Waals surface area contributed by atoms with Gasteiger partial charge < -0.3 is 14.9 Å². The summed E-state index contributed by atoms with van der Waals surface area (Å²) in [6.07, 6.45) is 9.74. The van der Waals surface area contributed by atoms with E-state index in [4.69, 9.17) is 4.74 Å². The molecule has 0 amide bonds. The number of cyclic esters (lactones) is 1. The molecule has 0 fully saturated rings. The van der Waals surface area contributed by atoms with Crippen LogP contribution < -0.4 is 0 Å². The van der Waals surface area contributed by atoms with Crippen molar-refractivity contribution in [1.82, 2.24) is 0 Å². The third-order valence-corrected chi connectivity index (χ3v) is 2.57. The van der Waals surface area contributed by atoms with E-state index < -0.39 is 18.2 Å². The van der Waals surface area contributed by atoms with Crippen molar-refractivity contribution in [2.75, 3.05) is 0 Å². The Labute approximate surface area is 107 Å². The number of aliphatic hydroxyl groups excluding tert-OH is 2. The molecular formula is C14H20O4. The van der Waals surface area contributed by atoms with E-state index in [1.807, 2.05) is 13.0 Å². The number of carbonyl (C=O) groups is 1. The topological polar surface area (TPSA) is 66.8 Å². The Morgan fingerprint density at radius 3 is 2.56 bits per heavy atom. The van der Waals surface area contributed by atoms with Crippen LogP contribution >= 0.6 is 0 Å². The van der Waals surface area contributed by atoms with Gasteiger partial charge in [-0.15, -0.1) is 0 Å². The molecule has 2 N–H and O–H groups in total. The maximum absolute atomic E-state index is 11.4. The summed E-state index contributed by atoms with van der Waals surface area (Å²) in [4.78, 5) is 11.4. The van der Waals surface area contributed by atoms with E-state index in [1.54, 1.807) is 6.08 Å². The number of ether oxygens (including phenoxy) is 1. The fourth-order valence-corrected chi connectivity index (χ4v) is 1.59. The first kappa shape index (κ1) is 14.7. The molecule has 100 valence electrons. The highest BCUT2D eigenvalue weighted by Crippen LogP contribution is 2.07. The van der Waals surface area contributed by atoms with Gasteiger partial charge in [0.15, 0.2) is 0 Å². The molecule has 1 rings (SSSR count). The molecule has 0 aromatic carbocycles. The number of carbonyl (C=O) groups excluding carboxylic acids is 1. The van der Waals surface area contributed by atoms with Gasteiger partial charge in [0, 0.05) is 6.08 Å². The van der Waals surface area contributed by atoms with Crippen molar-refractivity contribution in [3.05, 3.63) is 36.5 Å². The van der Waals surface area contributed by atoms with Crippen molar-refractivity contribution < 1.29 is 19.7 Å². The average molecular weight is 252 g/mol. The third-order valence-electron chi connectivity index (χ3n) is 2.57. The van der Waals surface area contributed by atoms with Crippen molar-refractivity contribution in [3.8, 4) is 0 Å². The van der Waals surface area contributed by atoms with Crippen LogP contribution in [0, 0.1) is 0 Å². The smallest absolute Gasteiger partial charge is 0.330 e. The predicted molar refractivity (Wildman–Crippen MR) is 68.8 cm³/mol. The fraction of sp³-hybridized carbons (Fsp3) is 0.500. The summed E-state index contributed by atoms with van der Waals surface area (Å²) < 4.78 is 5.13. The highest BCUT2D eigenvalue weighted by atomic mass is 16.5. The Morgan fingerprint density at radius 2 is 1.83 bits per heavy atom. The van der Waals surface area contributed by atoms with Crippen LogP contribution in [0.25, 0.3) is 0 Å². The Bertz CT molecular complexity index is 344. The van der Waals surface area contributed by atoms with Gasteiger partial charge in [-0.1, -0.05) is 24.3 Å². The molecule has 4 nitrogen and oxygen atoms in total. The van der Waals surface area contributed by atoms with Crippen molar-refractivity contribution in [1.29, 1.82) is 0 Å². The van der Waals surface area contributed by atoms with E-state index in [0.29, 0.717) is 0 Å². The van der Waals surface area contributed by atoms with Crippen LogP contribution in [0.15, 0.2) is 36.5 Å². The minimum atomic E-state index is -0.904. The zero-order valence-electron chi connectivity index (χ0n) is 10.5. The minimum absolute atomic E-state index is 0.143. The van der Waals surface area contributed by atoms with Crippen molar-refractivity contribution in [2.24, 2.45) is 0 Å². The quantitative estimate of drug-likeness (QED) is 0.506. The van der Waals surface area contributed by atoms with Crippen LogP contribution in [0.2, 0.25) is 0 Å². The number of allylic oxidation sites excluding steroid dienone is 1. The first-order chi connectivity index (χ1) is 8.58. The second-order valence-corrected chi connectivity index (χ2v) is 4.33. The molecule has 3 atom stereocenters. The highest BCUT2D eigenvalue weighted by Gasteiger charge is 2.07. The van der Waals surface area contributed by atoms with Gasteiger partial charge in [0.2, 0.25) is 0 Å². The van der Waals surface area contributed by atoms with Crippen molar-refractivity contribution >= 4 is 5.97 Å². The maximum Gasteiger partial charge on any atom is 0.330 e. The molecular weight excluding hydrogens is 232 g/mol. The van der Waals surface area contributed by atoms with Gasteiger partial charge in [0.1, 0.15) is 0 Å². The molecule has 0 saturated carbocycles. The predicted octanol–water partition coefficient (Wildman–Crippen LogP) is 1.49. The lowest BCUT2D eigenvalue weighted by Crippen LogP contribution is -2.13. The van der Waals surface area contributed by atoms with Gasteiger partial charge in [0.05, 0.1) is 18.3 Å². The molecule has 0 aromatic rings. The van der Waals surface area contributed by atoms with Crippen molar-refractivity contribution in [2.45, 2.75) is 44.5 Å². The summed E-state index contributed by atoms with van der Waals surface area (Å²) in [7, 11) is 0. The molecule has 1 aliphatic rings. The highest BCUT2D eigenvalue weighted by molar-refractivity contribution is 5.82. The minimum Gasteiger partial charge on any atom is -0.460 e. The number of rotatable bonds is 0. The van der Waals surface area contributed by atoms with Crippen LogP contribution in [-0.2, 0) is 9.53 Å². The van der Waals surface area contributed by atoms with E-state index in [9.17, 15) is 15.0 Å². The first-order valence-electron chi connectivity index (χ1n) is 6.18. The number of hydrogen-bond acceptors (Lipinski definition) is 4. The summed E-state index contributed by atoms with van der Waals surface area (Å²) in [5.74, 6) is -0.455. The standard InChI is InChI=1S/C14H20O4/c1-11-5-3-2-4-6-12(15)7-8-13(16)9-10-14(17)18-11/h4,6-13,15-16H,2-3,5H2,1H3. The lowest BCUT2D eigenvalue weighted by molar-refractivity contribution is -0.142. The zero-order chi connectivity index (χ0) is 13.4. The fourth-order valence-electron chi connectivity index (χ4n) is 1.59. The largest absolute Gasteiger partial charge is 0.460 e. The summed E-state index contributed by atoms with van der Waals surface area (Å²) in [5.41, 5.74) is 0. The molecule has 0 spiro atoms. The first-order valence-corrected chi connectivity index (χ1v) is 6.18. The molecule has 0 bridgehead atoms. The molecule has 0 aromatic heterocycles. The van der Waals surface area contributed by atoms with E-state index in [-0.39, 0.29) is 6.10 Å². The Balaban J connectivity index is 2.69. The summed E-state index contributed by atoms with van der Waals surface area (Å²) in [6.45, 7) is 1.84. The van der Waals surface area contributed by atoms with Crippen molar-refractivity contribution in [3.63, 3.8) is 0 Å². The Hall–Kier alpha value is -1.39. The number of esters is 1. The van der Waals surface area contributed by atoms with Crippen LogP contribution in [0.3, 0.4) is 0 Å². The molecule has 18 heavy (non-hydrogen) atoms. The normalized spacial score (nSPS) is 30.8. The Kier molecular flexibility index (Phi) is 6.39. The van der Waals surface area contributed by atoms with Crippen LogP contribution in [0.1, 0.15) is 26.2 Å². The summed E-state index contributed by atoms with van der Waals surface area (Å²) >= 11 is 0. The van der Waals surface area contributed by atoms with Gasteiger partial charge in [0.25, 0.3) is 0 Å². The lowest BCUT2D eigenvalue weighted by atomic mass is 10.1. The molecule has 1 heterocycles. The van der Waals surface area contributed by atoms with Gasteiger partial charge in [-0.25, -0.2) is 4.79 Å². The van der Waals surface area contributed by atoms with E-state index >= 15 is 0 Å². The number of hydrogen-bond donors (Lipinski definition) is 2. The van der Waals surface area contributed by atoms with E-state index in [2.05, 4.69) is 0 Å². The Morgan fingerprint density at radius 1 is 1.17 bits per heavy atom. The SMILES string of the molecule is CC1CCCC=CC(O)C=CC(O)C=CC(=O)O1.